The zero-order chi connectivity index (χ0) is 14.6. The largest absolute Gasteiger partial charge is 0.271 e. The minimum Gasteiger partial charge on any atom is -0.271 e. The van der Waals surface area contributed by atoms with Crippen molar-refractivity contribution in [3.63, 3.8) is 0 Å². The Kier molecular flexibility index (Phi) is 5.18. The molecular weight excluding hydrogens is 272 g/mol. The molecule has 2 unspecified atom stereocenters. The molecule has 1 fully saturated rings. The molecule has 0 radical (unpaired) electrons. The van der Waals surface area contributed by atoms with Gasteiger partial charge in [-0.1, -0.05) is 37.6 Å². The molecule has 1 aromatic carbocycles. The van der Waals surface area contributed by atoms with Gasteiger partial charge in [0.25, 0.3) is 0 Å². The molecule has 5 heteroatoms. The van der Waals surface area contributed by atoms with E-state index in [4.69, 9.17) is 5.84 Å². The molecule has 2 rings (SSSR count). The zero-order valence-corrected chi connectivity index (χ0v) is 12.8. The molecule has 1 aromatic rings. The Morgan fingerprint density at radius 1 is 1.35 bits per heavy atom. The van der Waals surface area contributed by atoms with Crippen LogP contribution < -0.4 is 11.3 Å². The summed E-state index contributed by atoms with van der Waals surface area (Å²) < 4.78 is 23.0. The molecule has 0 aliphatic carbocycles. The molecule has 20 heavy (non-hydrogen) atoms. The predicted molar refractivity (Wildman–Crippen MR) is 81.9 cm³/mol. The Balaban J connectivity index is 2.01. The number of rotatable bonds is 6. The second kappa shape index (κ2) is 6.70. The van der Waals surface area contributed by atoms with Gasteiger partial charge in [0, 0.05) is 6.04 Å². The molecule has 0 bridgehead atoms. The van der Waals surface area contributed by atoms with Crippen LogP contribution in [0.3, 0.4) is 0 Å². The Hall–Kier alpha value is -0.910. The maximum Gasteiger partial charge on any atom is 0.150 e. The third-order valence-corrected chi connectivity index (χ3v) is 5.85. The topological polar surface area (TPSA) is 72.2 Å². The van der Waals surface area contributed by atoms with E-state index in [-0.39, 0.29) is 12.0 Å². The lowest BCUT2D eigenvalue weighted by atomic mass is 9.94. The van der Waals surface area contributed by atoms with E-state index in [1.165, 1.54) is 5.56 Å². The van der Waals surface area contributed by atoms with E-state index in [9.17, 15) is 8.42 Å². The molecular formula is C15H24N2O2S. The molecule has 1 saturated heterocycles. The second-order valence-corrected chi connectivity index (χ2v) is 7.94. The summed E-state index contributed by atoms with van der Waals surface area (Å²) in [6.45, 7) is 2.17. The van der Waals surface area contributed by atoms with Crippen molar-refractivity contribution in [3.05, 3.63) is 35.4 Å². The minimum absolute atomic E-state index is 0.0315. The summed E-state index contributed by atoms with van der Waals surface area (Å²) in [5.74, 6) is 6.50. The highest BCUT2D eigenvalue weighted by molar-refractivity contribution is 7.91. The van der Waals surface area contributed by atoms with Crippen LogP contribution in [0.1, 0.15) is 43.4 Å². The Labute approximate surface area is 121 Å². The Morgan fingerprint density at radius 3 is 2.55 bits per heavy atom. The predicted octanol–water partition coefficient (Wildman–Crippen LogP) is 1.97. The molecule has 0 saturated carbocycles. The number of hydrogen-bond acceptors (Lipinski definition) is 4. The first-order chi connectivity index (χ1) is 9.54. The van der Waals surface area contributed by atoms with Gasteiger partial charge in [-0.15, -0.1) is 0 Å². The van der Waals surface area contributed by atoms with E-state index >= 15 is 0 Å². The van der Waals surface area contributed by atoms with E-state index in [2.05, 4.69) is 36.6 Å². The average Bonchev–Trinajstić information content (AvgIpc) is 2.77. The van der Waals surface area contributed by atoms with Gasteiger partial charge in [-0.05, 0) is 36.3 Å². The van der Waals surface area contributed by atoms with Gasteiger partial charge in [0.05, 0.1) is 11.5 Å². The third-order valence-electron chi connectivity index (χ3n) is 4.02. The fraction of sp³-hybridized carbons (Fsp3) is 0.600. The van der Waals surface area contributed by atoms with Crippen molar-refractivity contribution in [2.24, 2.45) is 11.8 Å². The number of nitrogens with one attached hydrogen (secondary N) is 1. The van der Waals surface area contributed by atoms with E-state index in [0.717, 1.165) is 31.2 Å². The standard InChI is InChI=1S/C15H24N2O2S/c1-2-3-12-4-6-14(7-5-12)15(17-16)10-13-8-9-20(18,19)11-13/h4-7,13,15,17H,2-3,8-11,16H2,1H3. The molecule has 2 atom stereocenters. The van der Waals surface area contributed by atoms with Crippen LogP contribution in [0.4, 0.5) is 0 Å². The Morgan fingerprint density at radius 2 is 2.05 bits per heavy atom. The van der Waals surface area contributed by atoms with Crippen molar-refractivity contribution >= 4 is 9.84 Å². The molecule has 1 heterocycles. The smallest absolute Gasteiger partial charge is 0.150 e. The summed E-state index contributed by atoms with van der Waals surface area (Å²) >= 11 is 0. The highest BCUT2D eigenvalue weighted by Crippen LogP contribution is 2.28. The molecule has 0 aromatic heterocycles. The molecule has 1 aliphatic heterocycles. The lowest BCUT2D eigenvalue weighted by Gasteiger charge is -2.20. The molecule has 0 amide bonds. The summed E-state index contributed by atoms with van der Waals surface area (Å²) in [6, 6.07) is 8.49. The molecule has 112 valence electrons. The van der Waals surface area contributed by atoms with Gasteiger partial charge in [-0.25, -0.2) is 8.42 Å². The Bertz CT molecular complexity index is 525. The van der Waals surface area contributed by atoms with Gasteiger partial charge in [0.2, 0.25) is 0 Å². The van der Waals surface area contributed by atoms with Crippen LogP contribution in [0.5, 0.6) is 0 Å². The van der Waals surface area contributed by atoms with Crippen molar-refractivity contribution in [2.75, 3.05) is 11.5 Å². The highest BCUT2D eigenvalue weighted by atomic mass is 32.2. The average molecular weight is 296 g/mol. The van der Waals surface area contributed by atoms with E-state index in [1.54, 1.807) is 0 Å². The lowest BCUT2D eigenvalue weighted by molar-refractivity contribution is 0.421. The fourth-order valence-electron chi connectivity index (χ4n) is 2.90. The van der Waals surface area contributed by atoms with Gasteiger partial charge >= 0.3 is 0 Å². The van der Waals surface area contributed by atoms with Crippen LogP contribution in [0.2, 0.25) is 0 Å². The van der Waals surface area contributed by atoms with Crippen molar-refractivity contribution in [2.45, 2.75) is 38.6 Å². The maximum absolute atomic E-state index is 11.5. The molecule has 4 nitrogen and oxygen atoms in total. The number of aryl methyl sites for hydroxylation is 1. The van der Waals surface area contributed by atoms with E-state index in [1.807, 2.05) is 0 Å². The van der Waals surface area contributed by atoms with Crippen molar-refractivity contribution in [3.8, 4) is 0 Å². The third kappa shape index (κ3) is 4.04. The van der Waals surface area contributed by atoms with Crippen LogP contribution in [0, 0.1) is 5.92 Å². The van der Waals surface area contributed by atoms with Crippen LogP contribution >= 0.6 is 0 Å². The second-order valence-electron chi connectivity index (χ2n) is 5.72. The van der Waals surface area contributed by atoms with Crippen molar-refractivity contribution in [1.82, 2.24) is 5.43 Å². The number of hydrazine groups is 1. The maximum atomic E-state index is 11.5. The summed E-state index contributed by atoms with van der Waals surface area (Å²) in [7, 11) is -2.81. The number of nitrogens with two attached hydrogens (primary N) is 1. The SMILES string of the molecule is CCCc1ccc(C(CC2CCS(=O)(=O)C2)NN)cc1. The number of benzene rings is 1. The first kappa shape index (κ1) is 15.5. The fourth-order valence-corrected chi connectivity index (χ4v) is 4.78. The van der Waals surface area contributed by atoms with Gasteiger partial charge in [0.1, 0.15) is 0 Å². The lowest BCUT2D eigenvalue weighted by Crippen LogP contribution is -2.30. The van der Waals surface area contributed by atoms with Gasteiger partial charge in [-0.2, -0.15) is 0 Å². The number of sulfone groups is 1. The highest BCUT2D eigenvalue weighted by Gasteiger charge is 2.29. The van der Waals surface area contributed by atoms with E-state index in [0.29, 0.717) is 11.5 Å². The molecule has 3 N–H and O–H groups in total. The zero-order valence-electron chi connectivity index (χ0n) is 12.0. The molecule has 0 spiro atoms. The molecule has 1 aliphatic rings. The summed E-state index contributed by atoms with van der Waals surface area (Å²) in [5.41, 5.74) is 5.29. The van der Waals surface area contributed by atoms with Gasteiger partial charge < -0.3 is 0 Å². The number of hydrogen-bond donors (Lipinski definition) is 2. The summed E-state index contributed by atoms with van der Waals surface area (Å²) in [5, 5.41) is 0. The quantitative estimate of drug-likeness (QED) is 0.622. The van der Waals surface area contributed by atoms with E-state index < -0.39 is 9.84 Å². The van der Waals surface area contributed by atoms with Crippen LogP contribution in [0.25, 0.3) is 0 Å². The normalized spacial score (nSPS) is 22.8. The minimum atomic E-state index is -2.81. The summed E-state index contributed by atoms with van der Waals surface area (Å²) in [6.07, 6.45) is 3.76. The van der Waals surface area contributed by atoms with Crippen LogP contribution in [-0.2, 0) is 16.3 Å². The van der Waals surface area contributed by atoms with Gasteiger partial charge in [-0.3, -0.25) is 11.3 Å². The van der Waals surface area contributed by atoms with Crippen LogP contribution in [-0.4, -0.2) is 19.9 Å². The van der Waals surface area contributed by atoms with Crippen molar-refractivity contribution < 1.29 is 8.42 Å². The monoisotopic (exact) mass is 296 g/mol. The first-order valence-corrected chi connectivity index (χ1v) is 9.11. The first-order valence-electron chi connectivity index (χ1n) is 7.29. The van der Waals surface area contributed by atoms with Gasteiger partial charge in [0.15, 0.2) is 9.84 Å². The summed E-state index contributed by atoms with van der Waals surface area (Å²) in [4.78, 5) is 0. The van der Waals surface area contributed by atoms with Crippen LogP contribution in [0.15, 0.2) is 24.3 Å². The van der Waals surface area contributed by atoms with Crippen molar-refractivity contribution in [1.29, 1.82) is 0 Å².